The van der Waals surface area contributed by atoms with Crippen LogP contribution in [0, 0.1) is 26.3 Å². The van der Waals surface area contributed by atoms with Crippen molar-refractivity contribution < 1.29 is 19.1 Å². The van der Waals surface area contributed by atoms with Gasteiger partial charge >= 0.3 is 6.09 Å². The molecule has 0 radical (unpaired) electrons. The number of nitrogens with zero attached hydrogens (tertiary/aromatic N) is 1. The summed E-state index contributed by atoms with van der Waals surface area (Å²) in [4.78, 5) is 39.6. The Kier molecular flexibility index (Phi) is 8.28. The van der Waals surface area contributed by atoms with Crippen molar-refractivity contribution in [1.82, 2.24) is 15.5 Å². The highest BCUT2D eigenvalue weighted by Gasteiger charge is 2.36. The van der Waals surface area contributed by atoms with Gasteiger partial charge < -0.3 is 15.4 Å². The number of hydrogen-bond acceptors (Lipinski definition) is 4. The molecule has 2 unspecified atom stereocenters. The van der Waals surface area contributed by atoms with Crippen molar-refractivity contribution in [3.8, 4) is 12.5 Å². The van der Waals surface area contributed by atoms with Crippen molar-refractivity contribution in [3.05, 3.63) is 34.9 Å². The molecule has 0 heterocycles. The molecule has 1 rings (SSSR count). The summed E-state index contributed by atoms with van der Waals surface area (Å²) in [6.07, 6.45) is 4.96. The Morgan fingerprint density at radius 2 is 1.68 bits per heavy atom. The summed E-state index contributed by atoms with van der Waals surface area (Å²) in [6, 6.07) is 5.81. The normalized spacial score (nSPS) is 13.4. The van der Waals surface area contributed by atoms with Crippen molar-refractivity contribution in [2.75, 3.05) is 0 Å². The van der Waals surface area contributed by atoms with Crippen molar-refractivity contribution in [3.63, 3.8) is 0 Å². The van der Waals surface area contributed by atoms with Crippen LogP contribution < -0.4 is 10.6 Å². The molecule has 0 aliphatic heterocycles. The summed E-state index contributed by atoms with van der Waals surface area (Å²) in [5, 5.41) is 5.40. The van der Waals surface area contributed by atoms with Crippen LogP contribution in [0.25, 0.3) is 0 Å². The molecule has 1 aromatic rings. The van der Waals surface area contributed by atoms with Gasteiger partial charge in [-0.3, -0.25) is 14.5 Å². The summed E-state index contributed by atoms with van der Waals surface area (Å²) in [5.41, 5.74) is 1.20. The van der Waals surface area contributed by atoms with E-state index in [0.717, 1.165) is 16.0 Å². The lowest BCUT2D eigenvalue weighted by Gasteiger charge is -2.32. The van der Waals surface area contributed by atoms with Crippen LogP contribution in [0.3, 0.4) is 0 Å². The minimum atomic E-state index is -1.06. The molecule has 0 aromatic heterocycles. The Balaban J connectivity index is 3.32. The highest BCUT2D eigenvalue weighted by molar-refractivity contribution is 5.93. The van der Waals surface area contributed by atoms with Crippen LogP contribution in [0.5, 0.6) is 0 Å². The summed E-state index contributed by atoms with van der Waals surface area (Å²) in [6.45, 7) is 16.0. The van der Waals surface area contributed by atoms with Crippen LogP contribution in [0.2, 0.25) is 0 Å². The lowest BCUT2D eigenvalue weighted by molar-refractivity contribution is -0.138. The number of ether oxygens (including phenoxy) is 1. The first-order valence-corrected chi connectivity index (χ1v) is 10.2. The first-order valence-electron chi connectivity index (χ1n) is 10.2. The van der Waals surface area contributed by atoms with Crippen LogP contribution in [-0.2, 0) is 14.3 Å². The van der Waals surface area contributed by atoms with Gasteiger partial charge in [0, 0.05) is 11.6 Å². The fourth-order valence-corrected chi connectivity index (χ4v) is 2.93. The summed E-state index contributed by atoms with van der Waals surface area (Å²) < 4.78 is 5.21. The Morgan fingerprint density at radius 3 is 2.16 bits per heavy atom. The summed E-state index contributed by atoms with van der Waals surface area (Å²) >= 11 is 0. The average molecular weight is 430 g/mol. The SMILES string of the molecule is C#CN(C(=O)C(C)NC(=O)OC(C)(C)C)C(C(=O)NC(C)(C)C)c1cccc(C)c1C. The molecular formula is C24H35N3O4. The number of terminal acetylenes is 1. The number of alkyl carbamates (subject to hydrolysis) is 1. The first kappa shape index (κ1) is 26.0. The average Bonchev–Trinajstić information content (AvgIpc) is 2.58. The Labute approximate surface area is 185 Å². The van der Waals surface area contributed by atoms with Gasteiger partial charge in [-0.25, -0.2) is 4.79 Å². The van der Waals surface area contributed by atoms with Gasteiger partial charge in [-0.1, -0.05) is 24.6 Å². The van der Waals surface area contributed by atoms with E-state index in [-0.39, 0.29) is 0 Å². The first-order chi connectivity index (χ1) is 14.1. The second-order valence-corrected chi connectivity index (χ2v) is 9.64. The van der Waals surface area contributed by atoms with Crippen LogP contribution in [-0.4, -0.2) is 40.0 Å². The molecule has 0 fully saturated rings. The molecule has 0 bridgehead atoms. The van der Waals surface area contributed by atoms with Gasteiger partial charge in [-0.05, 0) is 79.0 Å². The van der Waals surface area contributed by atoms with Crippen molar-refractivity contribution in [2.45, 2.75) is 85.5 Å². The fraction of sp³-hybridized carbons (Fsp3) is 0.542. The Bertz CT molecular complexity index is 872. The van der Waals surface area contributed by atoms with E-state index in [0.29, 0.717) is 5.56 Å². The molecule has 0 aliphatic rings. The minimum Gasteiger partial charge on any atom is -0.444 e. The number of benzene rings is 1. The molecule has 0 aliphatic carbocycles. The van der Waals surface area contributed by atoms with Crippen LogP contribution in [0.15, 0.2) is 18.2 Å². The van der Waals surface area contributed by atoms with Gasteiger partial charge in [-0.2, -0.15) is 0 Å². The van der Waals surface area contributed by atoms with Crippen LogP contribution >= 0.6 is 0 Å². The number of hydrogen-bond donors (Lipinski definition) is 2. The molecule has 7 heteroatoms. The van der Waals surface area contributed by atoms with E-state index in [1.165, 1.54) is 6.92 Å². The van der Waals surface area contributed by atoms with E-state index in [1.807, 2.05) is 46.8 Å². The second-order valence-electron chi connectivity index (χ2n) is 9.64. The van der Waals surface area contributed by atoms with E-state index in [4.69, 9.17) is 11.2 Å². The molecule has 170 valence electrons. The van der Waals surface area contributed by atoms with Crippen molar-refractivity contribution in [2.24, 2.45) is 0 Å². The maximum absolute atomic E-state index is 13.2. The summed E-state index contributed by atoms with van der Waals surface area (Å²) in [7, 11) is 0. The zero-order valence-corrected chi connectivity index (χ0v) is 20.0. The predicted octanol–water partition coefficient (Wildman–Crippen LogP) is 3.59. The number of amides is 3. The van der Waals surface area contributed by atoms with Gasteiger partial charge in [-0.15, -0.1) is 0 Å². The van der Waals surface area contributed by atoms with E-state index >= 15 is 0 Å². The molecule has 0 spiro atoms. The topological polar surface area (TPSA) is 87.7 Å². The van der Waals surface area contributed by atoms with Crippen molar-refractivity contribution in [1.29, 1.82) is 0 Å². The highest BCUT2D eigenvalue weighted by Crippen LogP contribution is 2.27. The minimum absolute atomic E-state index is 0.406. The Morgan fingerprint density at radius 1 is 1.10 bits per heavy atom. The number of aryl methyl sites for hydroxylation is 1. The second kappa shape index (κ2) is 9.86. The third-order valence-electron chi connectivity index (χ3n) is 4.43. The van der Waals surface area contributed by atoms with E-state index in [1.54, 1.807) is 26.8 Å². The highest BCUT2D eigenvalue weighted by atomic mass is 16.6. The molecule has 31 heavy (non-hydrogen) atoms. The molecule has 0 saturated carbocycles. The van der Waals surface area contributed by atoms with Crippen molar-refractivity contribution >= 4 is 17.9 Å². The third-order valence-corrected chi connectivity index (χ3v) is 4.43. The zero-order chi connectivity index (χ0) is 24.1. The maximum atomic E-state index is 13.2. The fourth-order valence-electron chi connectivity index (χ4n) is 2.93. The molecule has 3 amide bonds. The zero-order valence-electron chi connectivity index (χ0n) is 20.0. The van der Waals surface area contributed by atoms with Crippen LogP contribution in [0.1, 0.15) is 71.2 Å². The number of carbonyl (C=O) groups excluding carboxylic acids is 3. The number of nitrogens with one attached hydrogen (secondary N) is 2. The lowest BCUT2D eigenvalue weighted by Crippen LogP contribution is -2.52. The quantitative estimate of drug-likeness (QED) is 0.553. The smallest absolute Gasteiger partial charge is 0.408 e. The standard InChI is InChI=1S/C24H35N3O4/c1-11-27(21(29)17(4)25-22(30)31-24(8,9)10)19(20(28)26-23(5,6)7)18-14-12-13-15(2)16(18)3/h1,12-14,17,19H,2-10H3,(H,25,30)(H,26,28). The van der Waals surface area contributed by atoms with Crippen LogP contribution in [0.4, 0.5) is 4.79 Å². The monoisotopic (exact) mass is 429 g/mol. The molecule has 1 aromatic carbocycles. The van der Waals surface area contributed by atoms with E-state index in [9.17, 15) is 14.4 Å². The number of carbonyl (C=O) groups is 3. The maximum Gasteiger partial charge on any atom is 0.408 e. The lowest BCUT2D eigenvalue weighted by atomic mass is 9.94. The largest absolute Gasteiger partial charge is 0.444 e. The Hall–Kier alpha value is -3.01. The van der Waals surface area contributed by atoms with Gasteiger partial charge in [0.05, 0.1) is 0 Å². The molecule has 0 saturated heterocycles. The molecule has 2 N–H and O–H groups in total. The van der Waals surface area contributed by atoms with Gasteiger partial charge in [0.15, 0.2) is 0 Å². The van der Waals surface area contributed by atoms with E-state index in [2.05, 4.69) is 16.7 Å². The van der Waals surface area contributed by atoms with E-state index < -0.39 is 41.1 Å². The summed E-state index contributed by atoms with van der Waals surface area (Å²) in [5.74, 6) is -1.000. The van der Waals surface area contributed by atoms with Gasteiger partial charge in [0.1, 0.15) is 17.7 Å². The van der Waals surface area contributed by atoms with Gasteiger partial charge in [0.25, 0.3) is 5.91 Å². The molecule has 7 nitrogen and oxygen atoms in total. The molecule has 2 atom stereocenters. The number of rotatable bonds is 5. The predicted molar refractivity (Wildman–Crippen MR) is 121 cm³/mol. The molecular weight excluding hydrogens is 394 g/mol. The van der Waals surface area contributed by atoms with Gasteiger partial charge in [0.2, 0.25) is 5.91 Å². The third kappa shape index (κ3) is 7.63.